The zero-order valence-corrected chi connectivity index (χ0v) is 12.1. The average Bonchev–Trinajstić information content (AvgIpc) is 2.29. The maximum absolute atomic E-state index is 5.08. The second-order valence-electron chi connectivity index (χ2n) is 4.43. The van der Waals surface area contributed by atoms with E-state index in [4.69, 9.17) is 4.74 Å². The van der Waals surface area contributed by atoms with E-state index < -0.39 is 0 Å². The molecule has 1 aromatic carbocycles. The van der Waals surface area contributed by atoms with Crippen molar-refractivity contribution in [1.29, 1.82) is 0 Å². The summed E-state index contributed by atoms with van der Waals surface area (Å²) in [4.78, 5) is 1.39. The van der Waals surface area contributed by atoms with Crippen LogP contribution in [0.25, 0.3) is 0 Å². The van der Waals surface area contributed by atoms with Gasteiger partial charge in [0, 0.05) is 30.3 Å². The smallest absolute Gasteiger partial charge is 0.0613 e. The third kappa shape index (κ3) is 5.57. The summed E-state index contributed by atoms with van der Waals surface area (Å²) in [6, 6.07) is 7.05. The molecule has 0 aliphatic heterocycles. The molecule has 0 saturated heterocycles. The molecule has 2 nitrogen and oxygen atoms in total. The van der Waals surface area contributed by atoms with Gasteiger partial charge in [-0.15, -0.1) is 11.8 Å². The Bertz CT molecular complexity index is 341. The lowest BCUT2D eigenvalue weighted by Crippen LogP contribution is -2.31. The van der Waals surface area contributed by atoms with Crippen molar-refractivity contribution < 1.29 is 4.74 Å². The van der Waals surface area contributed by atoms with Gasteiger partial charge in [0.2, 0.25) is 0 Å². The maximum atomic E-state index is 5.08. The number of rotatable bonds is 7. The van der Waals surface area contributed by atoms with Gasteiger partial charge >= 0.3 is 0 Å². The van der Waals surface area contributed by atoms with Gasteiger partial charge in [0.05, 0.1) is 6.61 Å². The monoisotopic (exact) mass is 253 g/mol. The summed E-state index contributed by atoms with van der Waals surface area (Å²) in [6.07, 6.45) is 0. The molecule has 1 aromatic rings. The van der Waals surface area contributed by atoms with Crippen LogP contribution in [0.1, 0.15) is 18.1 Å². The summed E-state index contributed by atoms with van der Waals surface area (Å²) < 4.78 is 5.08. The second kappa shape index (κ2) is 7.75. The molecule has 1 atom stereocenters. The number of hydrogen-bond donors (Lipinski definition) is 1. The van der Waals surface area contributed by atoms with E-state index in [2.05, 4.69) is 44.3 Å². The molecule has 1 unspecified atom stereocenters. The number of thioether (sulfide) groups is 1. The molecule has 0 aliphatic rings. The van der Waals surface area contributed by atoms with Crippen molar-refractivity contribution in [2.75, 3.05) is 26.0 Å². The van der Waals surface area contributed by atoms with Crippen LogP contribution < -0.4 is 5.32 Å². The molecule has 0 spiro atoms. The van der Waals surface area contributed by atoms with Crippen molar-refractivity contribution in [3.63, 3.8) is 0 Å². The predicted octanol–water partition coefficient (Wildman–Crippen LogP) is 3.02. The SMILES string of the molecule is COCC(C)NCCSc1cc(C)ccc1C. The lowest BCUT2D eigenvalue weighted by atomic mass is 10.2. The lowest BCUT2D eigenvalue weighted by Gasteiger charge is -2.12. The Labute approximate surface area is 109 Å². The van der Waals surface area contributed by atoms with E-state index in [-0.39, 0.29) is 0 Å². The minimum atomic E-state index is 0.430. The van der Waals surface area contributed by atoms with Gasteiger partial charge in [0.25, 0.3) is 0 Å². The van der Waals surface area contributed by atoms with Crippen LogP contribution in [0.5, 0.6) is 0 Å². The molecule has 0 aromatic heterocycles. The quantitative estimate of drug-likeness (QED) is 0.596. The highest BCUT2D eigenvalue weighted by Crippen LogP contribution is 2.22. The fraction of sp³-hybridized carbons (Fsp3) is 0.571. The van der Waals surface area contributed by atoms with Crippen molar-refractivity contribution in [2.45, 2.75) is 31.7 Å². The Morgan fingerprint density at radius 2 is 2.12 bits per heavy atom. The fourth-order valence-electron chi connectivity index (χ4n) is 1.64. The summed E-state index contributed by atoms with van der Waals surface area (Å²) in [5.41, 5.74) is 2.70. The minimum Gasteiger partial charge on any atom is -0.383 e. The largest absolute Gasteiger partial charge is 0.383 e. The zero-order chi connectivity index (χ0) is 12.7. The summed E-state index contributed by atoms with van der Waals surface area (Å²) >= 11 is 1.92. The molecule has 1 N–H and O–H groups in total. The second-order valence-corrected chi connectivity index (χ2v) is 5.56. The number of hydrogen-bond acceptors (Lipinski definition) is 3. The Balaban J connectivity index is 2.28. The number of aryl methyl sites for hydroxylation is 2. The van der Waals surface area contributed by atoms with Gasteiger partial charge < -0.3 is 10.1 Å². The number of benzene rings is 1. The summed E-state index contributed by atoms with van der Waals surface area (Å²) in [6.45, 7) is 8.24. The first kappa shape index (κ1) is 14.6. The summed E-state index contributed by atoms with van der Waals surface area (Å²) in [7, 11) is 1.74. The molecule has 1 rings (SSSR count). The average molecular weight is 253 g/mol. The molecule has 0 amide bonds. The molecule has 96 valence electrons. The first-order valence-corrected chi connectivity index (χ1v) is 7.04. The fourth-order valence-corrected chi connectivity index (χ4v) is 2.64. The van der Waals surface area contributed by atoms with Crippen LogP contribution in [0.4, 0.5) is 0 Å². The van der Waals surface area contributed by atoms with Gasteiger partial charge in [-0.25, -0.2) is 0 Å². The first-order valence-electron chi connectivity index (χ1n) is 6.06. The van der Waals surface area contributed by atoms with E-state index in [0.29, 0.717) is 6.04 Å². The molecule has 17 heavy (non-hydrogen) atoms. The zero-order valence-electron chi connectivity index (χ0n) is 11.2. The Morgan fingerprint density at radius 3 is 2.82 bits per heavy atom. The van der Waals surface area contributed by atoms with Crippen molar-refractivity contribution in [3.8, 4) is 0 Å². The third-order valence-electron chi connectivity index (χ3n) is 2.61. The summed E-state index contributed by atoms with van der Waals surface area (Å²) in [5.74, 6) is 1.10. The van der Waals surface area contributed by atoms with Gasteiger partial charge in [-0.2, -0.15) is 0 Å². The Morgan fingerprint density at radius 1 is 1.35 bits per heavy atom. The predicted molar refractivity (Wildman–Crippen MR) is 76.0 cm³/mol. The molecule has 0 saturated carbocycles. The minimum absolute atomic E-state index is 0.430. The van der Waals surface area contributed by atoms with Crippen LogP contribution in [0, 0.1) is 13.8 Å². The molecular weight excluding hydrogens is 230 g/mol. The topological polar surface area (TPSA) is 21.3 Å². The molecule has 0 fully saturated rings. The molecule has 0 radical (unpaired) electrons. The van der Waals surface area contributed by atoms with E-state index in [1.165, 1.54) is 16.0 Å². The highest BCUT2D eigenvalue weighted by molar-refractivity contribution is 7.99. The van der Waals surface area contributed by atoms with Gasteiger partial charge in [-0.3, -0.25) is 0 Å². The van der Waals surface area contributed by atoms with Gasteiger partial charge in [-0.1, -0.05) is 17.7 Å². The molecule has 3 heteroatoms. The maximum Gasteiger partial charge on any atom is 0.0613 e. The van der Waals surface area contributed by atoms with Crippen LogP contribution >= 0.6 is 11.8 Å². The van der Waals surface area contributed by atoms with Crippen LogP contribution in [-0.2, 0) is 4.74 Å². The first-order chi connectivity index (χ1) is 8.13. The van der Waals surface area contributed by atoms with Crippen molar-refractivity contribution in [3.05, 3.63) is 29.3 Å². The molecule has 0 heterocycles. The highest BCUT2D eigenvalue weighted by atomic mass is 32.2. The van der Waals surface area contributed by atoms with E-state index in [0.717, 1.165) is 18.9 Å². The van der Waals surface area contributed by atoms with Crippen molar-refractivity contribution >= 4 is 11.8 Å². The Hall–Kier alpha value is -0.510. The van der Waals surface area contributed by atoms with Gasteiger partial charge in [0.1, 0.15) is 0 Å². The normalized spacial score (nSPS) is 12.7. The van der Waals surface area contributed by atoms with Gasteiger partial charge in [0.15, 0.2) is 0 Å². The van der Waals surface area contributed by atoms with Crippen LogP contribution in [0.3, 0.4) is 0 Å². The number of methoxy groups -OCH3 is 1. The lowest BCUT2D eigenvalue weighted by molar-refractivity contribution is 0.173. The number of nitrogens with one attached hydrogen (secondary N) is 1. The van der Waals surface area contributed by atoms with E-state index in [9.17, 15) is 0 Å². The van der Waals surface area contributed by atoms with Crippen LogP contribution in [-0.4, -0.2) is 32.1 Å². The van der Waals surface area contributed by atoms with Gasteiger partial charge in [-0.05, 0) is 32.4 Å². The number of ether oxygens (including phenoxy) is 1. The summed E-state index contributed by atoms with van der Waals surface area (Å²) in [5, 5.41) is 3.44. The highest BCUT2D eigenvalue weighted by Gasteiger charge is 2.01. The molecule has 0 bridgehead atoms. The van der Waals surface area contributed by atoms with Crippen LogP contribution in [0.2, 0.25) is 0 Å². The van der Waals surface area contributed by atoms with E-state index in [1.54, 1.807) is 7.11 Å². The van der Waals surface area contributed by atoms with Crippen molar-refractivity contribution in [1.82, 2.24) is 5.32 Å². The van der Waals surface area contributed by atoms with E-state index in [1.807, 2.05) is 11.8 Å². The van der Waals surface area contributed by atoms with E-state index >= 15 is 0 Å². The molecule has 0 aliphatic carbocycles. The van der Waals surface area contributed by atoms with Crippen molar-refractivity contribution in [2.24, 2.45) is 0 Å². The standard InChI is InChI=1S/C14H23NOS/c1-11-5-6-12(2)14(9-11)17-8-7-15-13(3)10-16-4/h5-6,9,13,15H,7-8,10H2,1-4H3. The third-order valence-corrected chi connectivity index (χ3v) is 3.77. The molecular formula is C14H23NOS. The Kier molecular flexibility index (Phi) is 6.63. The van der Waals surface area contributed by atoms with Crippen LogP contribution in [0.15, 0.2) is 23.1 Å².